The summed E-state index contributed by atoms with van der Waals surface area (Å²) in [7, 11) is -4.04. The largest absolute Gasteiger partial charge is 0.492 e. The molecule has 0 heterocycles. The Morgan fingerprint density at radius 1 is 1.00 bits per heavy atom. The number of sulfonamides is 1. The van der Waals surface area contributed by atoms with E-state index in [-0.39, 0.29) is 11.3 Å². The fraction of sp³-hybridized carbons (Fsp3) is 0.240. The third-order valence-electron chi connectivity index (χ3n) is 4.97. The van der Waals surface area contributed by atoms with Crippen molar-refractivity contribution in [3.05, 3.63) is 88.4 Å². The molecule has 0 fully saturated rings. The van der Waals surface area contributed by atoms with Gasteiger partial charge in [0.2, 0.25) is 5.91 Å². The van der Waals surface area contributed by atoms with E-state index >= 15 is 0 Å². The summed E-state index contributed by atoms with van der Waals surface area (Å²) in [5.74, 6) is 0.191. The number of carbonyl (C=O) groups excluding carboxylic acids is 1. The van der Waals surface area contributed by atoms with Crippen LogP contribution < -0.4 is 9.04 Å². The SMILES string of the molecule is CCc1ccc(N(C(=O)CCCOc2ccc(C)cc2Br)S(=O)(=O)c2ccccc2)cc1. The molecule has 7 heteroatoms. The zero-order valence-electron chi connectivity index (χ0n) is 18.1. The maximum atomic E-state index is 13.3. The Balaban J connectivity index is 1.77. The van der Waals surface area contributed by atoms with Crippen molar-refractivity contribution >= 4 is 37.5 Å². The summed E-state index contributed by atoms with van der Waals surface area (Å²) in [5.41, 5.74) is 2.50. The lowest BCUT2D eigenvalue weighted by Gasteiger charge is -2.23. The number of aryl methyl sites for hydroxylation is 2. The first kappa shape index (κ1) is 24.0. The van der Waals surface area contributed by atoms with Gasteiger partial charge in [-0.25, -0.2) is 12.7 Å². The summed E-state index contributed by atoms with van der Waals surface area (Å²) in [4.78, 5) is 13.2. The summed E-state index contributed by atoms with van der Waals surface area (Å²) in [6.07, 6.45) is 1.24. The van der Waals surface area contributed by atoms with Gasteiger partial charge in [0.15, 0.2) is 0 Å². The van der Waals surface area contributed by atoms with Crippen molar-refractivity contribution in [2.75, 3.05) is 10.9 Å². The Bertz CT molecular complexity index is 1160. The van der Waals surface area contributed by atoms with E-state index in [4.69, 9.17) is 4.74 Å². The average Bonchev–Trinajstić information content (AvgIpc) is 2.79. The second-order valence-electron chi connectivity index (χ2n) is 7.38. The Morgan fingerprint density at radius 2 is 1.69 bits per heavy atom. The molecule has 168 valence electrons. The first-order valence-corrected chi connectivity index (χ1v) is 12.7. The first-order chi connectivity index (χ1) is 15.3. The number of hydrogen-bond donors (Lipinski definition) is 0. The van der Waals surface area contributed by atoms with Gasteiger partial charge in [0, 0.05) is 6.42 Å². The molecule has 1 amide bonds. The zero-order chi connectivity index (χ0) is 23.1. The molecule has 0 unspecified atom stereocenters. The molecule has 0 radical (unpaired) electrons. The molecule has 0 aliphatic rings. The number of carbonyl (C=O) groups is 1. The van der Waals surface area contributed by atoms with Crippen molar-refractivity contribution in [2.24, 2.45) is 0 Å². The maximum absolute atomic E-state index is 13.3. The van der Waals surface area contributed by atoms with E-state index in [1.54, 1.807) is 30.3 Å². The van der Waals surface area contributed by atoms with E-state index in [1.165, 1.54) is 12.1 Å². The molecule has 3 aromatic carbocycles. The van der Waals surface area contributed by atoms with Crippen molar-refractivity contribution in [1.82, 2.24) is 0 Å². The van der Waals surface area contributed by atoms with Crippen molar-refractivity contribution in [3.8, 4) is 5.75 Å². The molecule has 0 spiro atoms. The van der Waals surface area contributed by atoms with Crippen molar-refractivity contribution < 1.29 is 17.9 Å². The molecule has 0 bridgehead atoms. The molecular formula is C25H26BrNO4S. The number of benzene rings is 3. The fourth-order valence-electron chi connectivity index (χ4n) is 3.21. The van der Waals surface area contributed by atoms with Gasteiger partial charge >= 0.3 is 0 Å². The molecule has 0 N–H and O–H groups in total. The second kappa shape index (κ2) is 10.8. The van der Waals surface area contributed by atoms with Gasteiger partial charge in [-0.15, -0.1) is 0 Å². The minimum atomic E-state index is -4.04. The molecule has 0 aliphatic heterocycles. The highest BCUT2D eigenvalue weighted by Gasteiger charge is 2.30. The molecule has 3 rings (SSSR count). The average molecular weight is 516 g/mol. The van der Waals surface area contributed by atoms with Crippen LogP contribution in [-0.2, 0) is 21.2 Å². The van der Waals surface area contributed by atoms with Crippen LogP contribution in [0.4, 0.5) is 5.69 Å². The summed E-state index contributed by atoms with van der Waals surface area (Å²) in [6, 6.07) is 20.8. The van der Waals surface area contributed by atoms with E-state index in [9.17, 15) is 13.2 Å². The van der Waals surface area contributed by atoms with Crippen LogP contribution in [0.2, 0.25) is 0 Å². The lowest BCUT2D eigenvalue weighted by molar-refractivity contribution is -0.117. The van der Waals surface area contributed by atoms with Crippen LogP contribution >= 0.6 is 15.9 Å². The number of halogens is 1. The molecule has 0 aromatic heterocycles. The molecule has 0 aliphatic carbocycles. The van der Waals surface area contributed by atoms with Gasteiger partial charge in [0.05, 0.1) is 21.7 Å². The van der Waals surface area contributed by atoms with E-state index < -0.39 is 15.9 Å². The molecule has 0 saturated carbocycles. The van der Waals surface area contributed by atoms with Crippen LogP contribution in [0.15, 0.2) is 82.2 Å². The lowest BCUT2D eigenvalue weighted by atomic mass is 10.1. The highest BCUT2D eigenvalue weighted by molar-refractivity contribution is 9.10. The third-order valence-corrected chi connectivity index (χ3v) is 7.35. The Morgan fingerprint density at radius 3 is 2.31 bits per heavy atom. The van der Waals surface area contributed by atoms with Gasteiger partial charge in [-0.2, -0.15) is 0 Å². The summed E-state index contributed by atoms with van der Waals surface area (Å²) in [6.45, 7) is 4.30. The summed E-state index contributed by atoms with van der Waals surface area (Å²) in [5, 5.41) is 0. The van der Waals surface area contributed by atoms with Gasteiger partial charge in [0.25, 0.3) is 10.0 Å². The summed E-state index contributed by atoms with van der Waals surface area (Å²) >= 11 is 3.47. The van der Waals surface area contributed by atoms with Crippen molar-refractivity contribution in [1.29, 1.82) is 0 Å². The predicted octanol–water partition coefficient (Wildman–Crippen LogP) is 5.90. The van der Waals surface area contributed by atoms with Crippen LogP contribution in [0, 0.1) is 6.92 Å². The number of rotatable bonds is 9. The van der Waals surface area contributed by atoms with Crippen LogP contribution in [0.3, 0.4) is 0 Å². The highest BCUT2D eigenvalue weighted by Crippen LogP contribution is 2.27. The maximum Gasteiger partial charge on any atom is 0.270 e. The van der Waals surface area contributed by atoms with Crippen LogP contribution in [-0.4, -0.2) is 20.9 Å². The van der Waals surface area contributed by atoms with Crippen LogP contribution in [0.1, 0.15) is 30.9 Å². The monoisotopic (exact) mass is 515 g/mol. The minimum Gasteiger partial charge on any atom is -0.492 e. The van der Waals surface area contributed by atoms with Crippen molar-refractivity contribution in [2.45, 2.75) is 38.0 Å². The summed E-state index contributed by atoms with van der Waals surface area (Å²) < 4.78 is 34.2. The third kappa shape index (κ3) is 5.78. The highest BCUT2D eigenvalue weighted by atomic mass is 79.9. The van der Waals surface area contributed by atoms with Gasteiger partial charge in [-0.05, 0) is 83.2 Å². The normalized spacial score (nSPS) is 11.2. The zero-order valence-corrected chi connectivity index (χ0v) is 20.5. The number of anilines is 1. The first-order valence-electron chi connectivity index (χ1n) is 10.4. The van der Waals surface area contributed by atoms with E-state index in [2.05, 4.69) is 15.9 Å². The van der Waals surface area contributed by atoms with Gasteiger partial charge in [0.1, 0.15) is 5.75 Å². The molecule has 5 nitrogen and oxygen atoms in total. The van der Waals surface area contributed by atoms with Gasteiger partial charge in [-0.3, -0.25) is 4.79 Å². The Hall–Kier alpha value is -2.64. The smallest absolute Gasteiger partial charge is 0.270 e. The molecule has 0 saturated heterocycles. The molecule has 32 heavy (non-hydrogen) atoms. The lowest BCUT2D eigenvalue weighted by Crippen LogP contribution is -2.37. The second-order valence-corrected chi connectivity index (χ2v) is 10.0. The standard InChI is InChI=1S/C25H26BrNO4S/c1-3-20-12-14-21(15-13-20)27(32(29,30)22-8-5-4-6-9-22)25(28)10-7-17-31-24-16-11-19(2)18-23(24)26/h4-6,8-9,11-16,18H,3,7,10,17H2,1-2H3. The van der Waals surface area contributed by atoms with E-state index in [0.29, 0.717) is 24.5 Å². The number of amides is 1. The fourth-order valence-corrected chi connectivity index (χ4v) is 5.29. The predicted molar refractivity (Wildman–Crippen MR) is 131 cm³/mol. The number of hydrogen-bond acceptors (Lipinski definition) is 4. The Labute approximate surface area is 198 Å². The number of nitrogens with zero attached hydrogens (tertiary/aromatic N) is 1. The van der Waals surface area contributed by atoms with Crippen LogP contribution in [0.25, 0.3) is 0 Å². The van der Waals surface area contributed by atoms with E-state index in [1.807, 2.05) is 44.2 Å². The van der Waals surface area contributed by atoms with Gasteiger partial charge in [-0.1, -0.05) is 43.3 Å². The number of ether oxygens (including phenoxy) is 1. The molecule has 0 atom stereocenters. The van der Waals surface area contributed by atoms with Crippen molar-refractivity contribution in [3.63, 3.8) is 0 Å². The molecular weight excluding hydrogens is 490 g/mol. The topological polar surface area (TPSA) is 63.7 Å². The quantitative estimate of drug-likeness (QED) is 0.332. The Kier molecular flexibility index (Phi) is 8.10. The van der Waals surface area contributed by atoms with Gasteiger partial charge < -0.3 is 4.74 Å². The molecule has 3 aromatic rings. The minimum absolute atomic E-state index is 0.0328. The van der Waals surface area contributed by atoms with E-state index in [0.717, 1.165) is 26.3 Å². The van der Waals surface area contributed by atoms with Crippen LogP contribution in [0.5, 0.6) is 5.75 Å².